The van der Waals surface area contributed by atoms with Crippen molar-refractivity contribution in [2.75, 3.05) is 19.7 Å². The first-order valence-corrected chi connectivity index (χ1v) is 9.66. The molecule has 2 aromatic carbocycles. The fraction of sp³-hybridized carbons (Fsp3) is 0.261. The SMILES string of the molecule is CCN(CC1COc2ccccc2O1)C(=O)c1occc1COc1ccccc1. The van der Waals surface area contributed by atoms with Crippen molar-refractivity contribution in [3.63, 3.8) is 0 Å². The molecule has 6 heteroatoms. The topological polar surface area (TPSA) is 61.1 Å². The second-order valence-electron chi connectivity index (χ2n) is 6.72. The van der Waals surface area contributed by atoms with Crippen LogP contribution in [0.1, 0.15) is 23.0 Å². The highest BCUT2D eigenvalue weighted by Crippen LogP contribution is 2.31. The summed E-state index contributed by atoms with van der Waals surface area (Å²) < 4.78 is 23.0. The number of furan rings is 1. The van der Waals surface area contributed by atoms with Gasteiger partial charge in [-0.25, -0.2) is 0 Å². The van der Waals surface area contributed by atoms with Gasteiger partial charge in [-0.1, -0.05) is 30.3 Å². The van der Waals surface area contributed by atoms with Gasteiger partial charge in [-0.2, -0.15) is 0 Å². The molecule has 0 bridgehead atoms. The minimum absolute atomic E-state index is 0.188. The maximum absolute atomic E-state index is 13.1. The van der Waals surface area contributed by atoms with Crippen molar-refractivity contribution >= 4 is 5.91 Å². The Hall–Kier alpha value is -3.41. The molecule has 0 fully saturated rings. The summed E-state index contributed by atoms with van der Waals surface area (Å²) in [5.41, 5.74) is 0.712. The van der Waals surface area contributed by atoms with E-state index in [4.69, 9.17) is 18.6 Å². The van der Waals surface area contributed by atoms with Gasteiger partial charge in [-0.15, -0.1) is 0 Å². The van der Waals surface area contributed by atoms with Crippen LogP contribution >= 0.6 is 0 Å². The van der Waals surface area contributed by atoms with Gasteiger partial charge in [0, 0.05) is 12.1 Å². The molecule has 150 valence electrons. The van der Waals surface area contributed by atoms with E-state index >= 15 is 0 Å². The number of fused-ring (bicyclic) bond motifs is 1. The van der Waals surface area contributed by atoms with Crippen LogP contribution in [-0.4, -0.2) is 36.6 Å². The van der Waals surface area contributed by atoms with Gasteiger partial charge in [0.15, 0.2) is 23.4 Å². The van der Waals surface area contributed by atoms with Crippen LogP contribution in [0.3, 0.4) is 0 Å². The minimum atomic E-state index is -0.243. The Kier molecular flexibility index (Phi) is 5.70. The van der Waals surface area contributed by atoms with Crippen LogP contribution in [0, 0.1) is 0 Å². The molecule has 1 aliphatic heterocycles. The molecule has 0 aliphatic carbocycles. The van der Waals surface area contributed by atoms with E-state index in [1.165, 1.54) is 6.26 Å². The third kappa shape index (κ3) is 4.37. The van der Waals surface area contributed by atoms with Gasteiger partial charge in [0.05, 0.1) is 12.8 Å². The lowest BCUT2D eigenvalue weighted by atomic mass is 10.2. The zero-order chi connectivity index (χ0) is 20.1. The predicted molar refractivity (Wildman–Crippen MR) is 107 cm³/mol. The standard InChI is InChI=1S/C23H23NO5/c1-2-24(14-19-16-28-20-10-6-7-11-21(20)29-19)23(25)22-17(12-13-26-22)15-27-18-8-4-3-5-9-18/h3-13,19H,2,14-16H2,1H3. The van der Waals surface area contributed by atoms with Gasteiger partial charge < -0.3 is 23.5 Å². The number of likely N-dealkylation sites (N-methyl/N-ethyl adjacent to an activating group) is 1. The van der Waals surface area contributed by atoms with E-state index < -0.39 is 0 Å². The Labute approximate surface area is 169 Å². The van der Waals surface area contributed by atoms with Gasteiger partial charge in [-0.3, -0.25) is 4.79 Å². The molecule has 29 heavy (non-hydrogen) atoms. The van der Waals surface area contributed by atoms with Gasteiger partial charge in [0.1, 0.15) is 19.0 Å². The molecule has 4 rings (SSSR count). The third-order valence-corrected chi connectivity index (χ3v) is 4.74. The van der Waals surface area contributed by atoms with Crippen molar-refractivity contribution < 1.29 is 23.4 Å². The number of hydrogen-bond donors (Lipinski definition) is 0. The predicted octanol–water partition coefficient (Wildman–Crippen LogP) is 4.16. The average Bonchev–Trinajstić information content (AvgIpc) is 3.25. The number of hydrogen-bond acceptors (Lipinski definition) is 5. The Morgan fingerprint density at radius 3 is 2.62 bits per heavy atom. The van der Waals surface area contributed by atoms with Crippen LogP contribution in [0.4, 0.5) is 0 Å². The van der Waals surface area contributed by atoms with Gasteiger partial charge in [-0.05, 0) is 37.3 Å². The Bertz CT molecular complexity index is 953. The normalized spacial score (nSPS) is 15.0. The molecule has 0 N–H and O–H groups in total. The molecule has 1 aliphatic rings. The van der Waals surface area contributed by atoms with Crippen molar-refractivity contribution in [3.8, 4) is 17.2 Å². The maximum atomic E-state index is 13.1. The molecular formula is C23H23NO5. The van der Waals surface area contributed by atoms with Gasteiger partial charge >= 0.3 is 0 Å². The largest absolute Gasteiger partial charge is 0.489 e. The highest BCUT2D eigenvalue weighted by molar-refractivity contribution is 5.93. The highest BCUT2D eigenvalue weighted by atomic mass is 16.6. The van der Waals surface area contributed by atoms with Crippen LogP contribution in [0.2, 0.25) is 0 Å². The summed E-state index contributed by atoms with van der Waals surface area (Å²) in [7, 11) is 0. The number of carbonyl (C=O) groups is 1. The molecule has 0 radical (unpaired) electrons. The molecular weight excluding hydrogens is 370 g/mol. The minimum Gasteiger partial charge on any atom is -0.489 e. The maximum Gasteiger partial charge on any atom is 0.290 e. The van der Waals surface area contributed by atoms with Gasteiger partial charge in [0.25, 0.3) is 5.91 Å². The number of rotatable bonds is 7. The third-order valence-electron chi connectivity index (χ3n) is 4.74. The lowest BCUT2D eigenvalue weighted by Crippen LogP contribution is -2.43. The Morgan fingerprint density at radius 2 is 1.83 bits per heavy atom. The molecule has 2 heterocycles. The van der Waals surface area contributed by atoms with Crippen molar-refractivity contribution in [2.45, 2.75) is 19.6 Å². The van der Waals surface area contributed by atoms with Crippen LogP contribution < -0.4 is 14.2 Å². The number of nitrogens with zero attached hydrogens (tertiary/aromatic N) is 1. The first kappa shape index (κ1) is 18.9. The number of para-hydroxylation sites is 3. The summed E-state index contributed by atoms with van der Waals surface area (Å²) in [5.74, 6) is 2.27. The van der Waals surface area contributed by atoms with Crippen molar-refractivity contribution in [1.29, 1.82) is 0 Å². The van der Waals surface area contributed by atoms with Gasteiger partial charge in [0.2, 0.25) is 0 Å². The summed E-state index contributed by atoms with van der Waals surface area (Å²) in [6.45, 7) is 3.51. The molecule has 3 aromatic rings. The van der Waals surface area contributed by atoms with E-state index in [9.17, 15) is 4.79 Å². The van der Waals surface area contributed by atoms with Crippen LogP contribution in [0.25, 0.3) is 0 Å². The number of benzene rings is 2. The number of ether oxygens (including phenoxy) is 3. The number of carbonyl (C=O) groups excluding carboxylic acids is 1. The summed E-state index contributed by atoms with van der Waals surface area (Å²) in [5, 5.41) is 0. The summed E-state index contributed by atoms with van der Waals surface area (Å²) in [6.07, 6.45) is 1.27. The van der Waals surface area contributed by atoms with Crippen LogP contribution in [0.15, 0.2) is 71.3 Å². The lowest BCUT2D eigenvalue weighted by Gasteiger charge is -2.30. The summed E-state index contributed by atoms with van der Waals surface area (Å²) >= 11 is 0. The monoisotopic (exact) mass is 393 g/mol. The van der Waals surface area contributed by atoms with Crippen molar-refractivity contribution in [1.82, 2.24) is 4.90 Å². The second kappa shape index (κ2) is 8.73. The zero-order valence-electron chi connectivity index (χ0n) is 16.2. The van der Waals surface area contributed by atoms with E-state index in [1.54, 1.807) is 11.0 Å². The first-order chi connectivity index (χ1) is 14.2. The summed E-state index contributed by atoms with van der Waals surface area (Å²) in [6, 6.07) is 18.8. The number of amides is 1. The van der Waals surface area contributed by atoms with Crippen molar-refractivity contribution in [3.05, 3.63) is 78.3 Å². The van der Waals surface area contributed by atoms with E-state index in [-0.39, 0.29) is 18.6 Å². The molecule has 1 amide bonds. The molecule has 0 spiro atoms. The summed E-state index contributed by atoms with van der Waals surface area (Å²) in [4.78, 5) is 14.8. The molecule has 0 saturated heterocycles. The van der Waals surface area contributed by atoms with E-state index in [2.05, 4.69) is 0 Å². The lowest BCUT2D eigenvalue weighted by molar-refractivity contribution is 0.0453. The molecule has 6 nitrogen and oxygen atoms in total. The smallest absolute Gasteiger partial charge is 0.290 e. The average molecular weight is 393 g/mol. The first-order valence-electron chi connectivity index (χ1n) is 9.66. The zero-order valence-corrected chi connectivity index (χ0v) is 16.2. The Morgan fingerprint density at radius 1 is 1.07 bits per heavy atom. The fourth-order valence-electron chi connectivity index (χ4n) is 3.21. The molecule has 0 saturated carbocycles. The van der Waals surface area contributed by atoms with E-state index in [0.29, 0.717) is 36.8 Å². The fourth-order valence-corrected chi connectivity index (χ4v) is 3.21. The van der Waals surface area contributed by atoms with Crippen LogP contribution in [0.5, 0.6) is 17.2 Å². The second-order valence-corrected chi connectivity index (χ2v) is 6.72. The molecule has 1 aromatic heterocycles. The van der Waals surface area contributed by atoms with Crippen molar-refractivity contribution in [2.24, 2.45) is 0 Å². The highest BCUT2D eigenvalue weighted by Gasteiger charge is 2.27. The van der Waals surface area contributed by atoms with Crippen LogP contribution in [-0.2, 0) is 6.61 Å². The van der Waals surface area contributed by atoms with E-state index in [0.717, 1.165) is 11.5 Å². The molecule has 1 unspecified atom stereocenters. The Balaban J connectivity index is 1.41. The van der Waals surface area contributed by atoms with E-state index in [1.807, 2.05) is 61.5 Å². The molecule has 1 atom stereocenters. The quantitative estimate of drug-likeness (QED) is 0.603.